The molecule has 1 aromatic heterocycles. The molecule has 0 saturated heterocycles. The Kier molecular flexibility index (Phi) is 6.20. The van der Waals surface area contributed by atoms with Gasteiger partial charge in [-0.25, -0.2) is 4.68 Å². The van der Waals surface area contributed by atoms with Crippen LogP contribution < -0.4 is 10.9 Å². The van der Waals surface area contributed by atoms with Gasteiger partial charge in [0.2, 0.25) is 0 Å². The molecule has 29 heavy (non-hydrogen) atoms. The van der Waals surface area contributed by atoms with Gasteiger partial charge in [0.05, 0.1) is 35.7 Å². The molecule has 3 aromatic rings. The number of nitrogens with one attached hydrogen (secondary N) is 1. The van der Waals surface area contributed by atoms with Crippen LogP contribution in [0.5, 0.6) is 0 Å². The molecule has 9 nitrogen and oxygen atoms in total. The van der Waals surface area contributed by atoms with Crippen LogP contribution in [0.2, 0.25) is 5.02 Å². The zero-order chi connectivity index (χ0) is 21.0. The minimum absolute atomic E-state index is 0.0308. The number of nitro groups is 1. The number of ether oxygens (including phenoxy) is 1. The van der Waals surface area contributed by atoms with E-state index in [-0.39, 0.29) is 34.9 Å². The van der Waals surface area contributed by atoms with E-state index in [1.54, 1.807) is 24.3 Å². The number of carbonyl (C=O) groups excluding carboxylic acids is 1. The van der Waals surface area contributed by atoms with Crippen molar-refractivity contribution in [2.24, 2.45) is 0 Å². The lowest BCUT2D eigenvalue weighted by Gasteiger charge is -2.12. The number of carbonyl (C=O) groups is 1. The van der Waals surface area contributed by atoms with E-state index >= 15 is 0 Å². The van der Waals surface area contributed by atoms with E-state index < -0.39 is 10.8 Å². The van der Waals surface area contributed by atoms with Crippen LogP contribution in [0.1, 0.15) is 16.1 Å². The molecule has 0 unspecified atom stereocenters. The van der Waals surface area contributed by atoms with Gasteiger partial charge in [-0.3, -0.25) is 19.7 Å². The number of fused-ring (bicyclic) bond motifs is 1. The van der Waals surface area contributed by atoms with Crippen LogP contribution in [0.15, 0.2) is 47.3 Å². The Morgan fingerprint density at radius 1 is 1.28 bits per heavy atom. The Morgan fingerprint density at radius 3 is 2.69 bits per heavy atom. The number of aromatic nitrogens is 2. The van der Waals surface area contributed by atoms with Crippen molar-refractivity contribution in [3.8, 4) is 0 Å². The third-order valence-corrected chi connectivity index (χ3v) is 4.59. The Morgan fingerprint density at radius 2 is 2.00 bits per heavy atom. The molecule has 0 aliphatic carbocycles. The molecule has 0 saturated carbocycles. The second kappa shape index (κ2) is 8.80. The molecule has 1 amide bonds. The number of nitro benzene ring substituents is 1. The van der Waals surface area contributed by atoms with Crippen LogP contribution >= 0.6 is 11.6 Å². The van der Waals surface area contributed by atoms with Gasteiger partial charge >= 0.3 is 0 Å². The largest absolute Gasteiger partial charge is 0.383 e. The summed E-state index contributed by atoms with van der Waals surface area (Å²) >= 11 is 5.78. The molecule has 0 aliphatic heterocycles. The molecule has 3 rings (SSSR count). The molecule has 0 radical (unpaired) electrons. The molecule has 0 aliphatic rings. The number of rotatable bonds is 7. The first-order valence-electron chi connectivity index (χ1n) is 8.62. The fourth-order valence-electron chi connectivity index (χ4n) is 2.83. The fourth-order valence-corrected chi connectivity index (χ4v) is 3.01. The summed E-state index contributed by atoms with van der Waals surface area (Å²) in [5.41, 5.74) is -0.0108. The summed E-state index contributed by atoms with van der Waals surface area (Å²) in [4.78, 5) is 35.4. The first-order valence-corrected chi connectivity index (χ1v) is 9.00. The Bertz CT molecular complexity index is 1150. The van der Waals surface area contributed by atoms with Crippen LogP contribution in [-0.4, -0.2) is 34.3 Å². The molecule has 0 fully saturated rings. The lowest BCUT2D eigenvalue weighted by Crippen LogP contribution is -2.29. The second-order valence-corrected chi connectivity index (χ2v) is 6.53. The number of benzene rings is 2. The third-order valence-electron chi connectivity index (χ3n) is 4.27. The maximum atomic E-state index is 12.6. The highest BCUT2D eigenvalue weighted by molar-refractivity contribution is 6.32. The summed E-state index contributed by atoms with van der Waals surface area (Å²) in [5, 5.41) is 19.1. The third kappa shape index (κ3) is 4.41. The van der Waals surface area contributed by atoms with Crippen molar-refractivity contribution in [2.75, 3.05) is 13.7 Å². The molecular weight excluding hydrogens is 400 g/mol. The van der Waals surface area contributed by atoms with E-state index in [9.17, 15) is 19.7 Å². The summed E-state index contributed by atoms with van der Waals surface area (Å²) in [5.74, 6) is -0.523. The summed E-state index contributed by atoms with van der Waals surface area (Å²) in [7, 11) is 1.53. The minimum atomic E-state index is -0.653. The zero-order valence-electron chi connectivity index (χ0n) is 15.4. The number of methoxy groups -OCH3 is 1. The van der Waals surface area contributed by atoms with Crippen LogP contribution in [0, 0.1) is 10.1 Å². The maximum absolute atomic E-state index is 12.6. The second-order valence-electron chi connectivity index (χ2n) is 6.12. The van der Waals surface area contributed by atoms with E-state index in [1.165, 1.54) is 23.9 Å². The summed E-state index contributed by atoms with van der Waals surface area (Å²) in [6, 6.07) is 10.8. The highest BCUT2D eigenvalue weighted by atomic mass is 35.5. The SMILES string of the molecule is COCCn1nc(CNC(=O)c2ccc(Cl)c([N+](=O)[O-])c2)c2ccccc2c1=O. The predicted molar refractivity (Wildman–Crippen MR) is 107 cm³/mol. The minimum Gasteiger partial charge on any atom is -0.383 e. The van der Waals surface area contributed by atoms with Crippen LogP contribution in [0.4, 0.5) is 5.69 Å². The monoisotopic (exact) mass is 416 g/mol. The Hall–Kier alpha value is -3.30. The Balaban J connectivity index is 1.89. The molecule has 150 valence electrons. The molecule has 0 bridgehead atoms. The molecule has 2 aromatic carbocycles. The number of halogens is 1. The van der Waals surface area contributed by atoms with Gasteiger partial charge in [0.1, 0.15) is 5.02 Å². The van der Waals surface area contributed by atoms with Crippen molar-refractivity contribution in [3.05, 3.63) is 79.2 Å². The summed E-state index contributed by atoms with van der Waals surface area (Å²) in [6.07, 6.45) is 0. The van der Waals surface area contributed by atoms with Crippen molar-refractivity contribution in [1.29, 1.82) is 0 Å². The number of hydrogen-bond acceptors (Lipinski definition) is 6. The lowest BCUT2D eigenvalue weighted by atomic mass is 10.1. The number of amides is 1. The predicted octanol–water partition coefficient (Wildman–Crippen LogP) is 2.53. The van der Waals surface area contributed by atoms with Crippen molar-refractivity contribution in [3.63, 3.8) is 0 Å². The summed E-state index contributed by atoms with van der Waals surface area (Å²) in [6.45, 7) is 0.610. The van der Waals surface area contributed by atoms with Crippen LogP contribution in [0.3, 0.4) is 0 Å². The zero-order valence-corrected chi connectivity index (χ0v) is 16.2. The van der Waals surface area contributed by atoms with Crippen LogP contribution in [-0.2, 0) is 17.8 Å². The van der Waals surface area contributed by atoms with Gasteiger partial charge in [-0.1, -0.05) is 29.8 Å². The van der Waals surface area contributed by atoms with Gasteiger partial charge in [-0.15, -0.1) is 0 Å². The van der Waals surface area contributed by atoms with Gasteiger partial charge in [0.15, 0.2) is 0 Å². The van der Waals surface area contributed by atoms with Crippen molar-refractivity contribution >= 4 is 34.0 Å². The quantitative estimate of drug-likeness (QED) is 0.467. The number of nitrogens with zero attached hydrogens (tertiary/aromatic N) is 3. The molecular formula is C19H17ClN4O5. The Labute approximate surface area is 170 Å². The topological polar surface area (TPSA) is 116 Å². The fraction of sp³-hybridized carbons (Fsp3) is 0.211. The van der Waals surface area contributed by atoms with Gasteiger partial charge in [-0.2, -0.15) is 5.10 Å². The standard InChI is InChI=1S/C19H17ClN4O5/c1-29-9-8-23-19(26)14-5-3-2-4-13(14)16(22-23)11-21-18(25)12-6-7-15(20)17(10-12)24(27)28/h2-7,10H,8-9,11H2,1H3,(H,21,25). The van der Waals surface area contributed by atoms with Crippen molar-refractivity contribution in [1.82, 2.24) is 15.1 Å². The van der Waals surface area contributed by atoms with Gasteiger partial charge < -0.3 is 10.1 Å². The van der Waals surface area contributed by atoms with Gasteiger partial charge in [-0.05, 0) is 18.2 Å². The van der Waals surface area contributed by atoms with E-state index in [0.717, 1.165) is 6.07 Å². The van der Waals surface area contributed by atoms with Gasteiger partial charge in [0, 0.05) is 24.1 Å². The van der Waals surface area contributed by atoms with E-state index in [2.05, 4.69) is 10.4 Å². The molecule has 0 atom stereocenters. The normalized spacial score (nSPS) is 10.8. The van der Waals surface area contributed by atoms with E-state index in [4.69, 9.17) is 16.3 Å². The first-order chi connectivity index (χ1) is 13.9. The highest BCUT2D eigenvalue weighted by Gasteiger charge is 2.17. The average molecular weight is 417 g/mol. The van der Waals surface area contributed by atoms with Gasteiger partial charge in [0.25, 0.3) is 17.2 Å². The van der Waals surface area contributed by atoms with Crippen molar-refractivity contribution < 1.29 is 14.5 Å². The molecule has 1 heterocycles. The molecule has 0 spiro atoms. The smallest absolute Gasteiger partial charge is 0.288 e. The lowest BCUT2D eigenvalue weighted by molar-refractivity contribution is -0.384. The first kappa shape index (κ1) is 20.4. The summed E-state index contributed by atoms with van der Waals surface area (Å²) < 4.78 is 6.31. The van der Waals surface area contributed by atoms with E-state index in [1.807, 2.05) is 0 Å². The number of hydrogen-bond donors (Lipinski definition) is 1. The maximum Gasteiger partial charge on any atom is 0.288 e. The van der Waals surface area contributed by atoms with Crippen molar-refractivity contribution in [2.45, 2.75) is 13.1 Å². The van der Waals surface area contributed by atoms with E-state index in [0.29, 0.717) is 23.1 Å². The molecule has 1 N–H and O–H groups in total. The average Bonchev–Trinajstić information content (AvgIpc) is 2.72. The van der Waals surface area contributed by atoms with Crippen LogP contribution in [0.25, 0.3) is 10.8 Å². The molecule has 10 heteroatoms. The highest BCUT2D eigenvalue weighted by Crippen LogP contribution is 2.25.